The maximum absolute atomic E-state index is 12.5. The zero-order chi connectivity index (χ0) is 19.6. The largest absolute Gasteiger partial charge is 0.324 e. The number of anilines is 1. The number of nitrogens with zero attached hydrogens (tertiary/aromatic N) is 1. The van der Waals surface area contributed by atoms with Gasteiger partial charge in [0.2, 0.25) is 5.91 Å². The van der Waals surface area contributed by atoms with Crippen molar-refractivity contribution in [1.29, 1.82) is 0 Å². The van der Waals surface area contributed by atoms with Gasteiger partial charge in [-0.2, -0.15) is 0 Å². The average molecular weight is 492 g/mol. The fourth-order valence-electron chi connectivity index (χ4n) is 2.57. The lowest BCUT2D eigenvalue weighted by Crippen LogP contribution is -2.36. The summed E-state index contributed by atoms with van der Waals surface area (Å²) in [6, 6.07) is 13.2. The van der Waals surface area contributed by atoms with Crippen molar-refractivity contribution in [2.75, 3.05) is 11.9 Å². The van der Waals surface area contributed by atoms with Crippen LogP contribution in [-0.2, 0) is 9.59 Å². The van der Waals surface area contributed by atoms with Crippen LogP contribution in [0.2, 0.25) is 0 Å². The molecule has 5 nitrogen and oxygen atoms in total. The number of carbonyl (C=O) groups excluding carboxylic acids is 3. The summed E-state index contributed by atoms with van der Waals surface area (Å²) in [5, 5.41) is 2.34. The van der Waals surface area contributed by atoms with Gasteiger partial charge < -0.3 is 5.32 Å². The number of halogens is 1. The Bertz CT molecular complexity index is 954. The van der Waals surface area contributed by atoms with Crippen LogP contribution in [0.25, 0.3) is 6.08 Å². The van der Waals surface area contributed by atoms with Gasteiger partial charge in [-0.3, -0.25) is 19.3 Å². The molecule has 7 heteroatoms. The standard InChI is InChI=1S/C20H17IN2O3S/c1-12-4-3-5-16(13(12)2)22-18(24)11-23-19(25)17(27-20(23)26)10-14-6-8-15(21)9-7-14/h3-10H,11H2,1-2H3,(H,22,24)/b17-10-. The van der Waals surface area contributed by atoms with E-state index in [-0.39, 0.29) is 6.54 Å². The molecule has 0 radical (unpaired) electrons. The average Bonchev–Trinajstić information content (AvgIpc) is 2.88. The van der Waals surface area contributed by atoms with Gasteiger partial charge in [0.25, 0.3) is 11.1 Å². The fraction of sp³-hybridized carbons (Fsp3) is 0.150. The van der Waals surface area contributed by atoms with Gasteiger partial charge >= 0.3 is 0 Å². The van der Waals surface area contributed by atoms with Crippen LogP contribution in [0, 0.1) is 17.4 Å². The van der Waals surface area contributed by atoms with E-state index in [1.54, 1.807) is 12.1 Å². The first-order valence-corrected chi connectivity index (χ1v) is 10.1. The second-order valence-electron chi connectivity index (χ2n) is 6.12. The number of nitrogens with one attached hydrogen (secondary N) is 1. The summed E-state index contributed by atoms with van der Waals surface area (Å²) >= 11 is 3.05. The normalized spacial score (nSPS) is 15.5. The summed E-state index contributed by atoms with van der Waals surface area (Å²) in [6.07, 6.45) is 1.67. The highest BCUT2D eigenvalue weighted by molar-refractivity contribution is 14.1. The minimum absolute atomic E-state index is 0.303. The van der Waals surface area contributed by atoms with Crippen molar-refractivity contribution in [1.82, 2.24) is 4.90 Å². The van der Waals surface area contributed by atoms with Crippen LogP contribution in [0.3, 0.4) is 0 Å². The van der Waals surface area contributed by atoms with E-state index in [0.717, 1.165) is 36.9 Å². The Morgan fingerprint density at radius 3 is 2.56 bits per heavy atom. The zero-order valence-electron chi connectivity index (χ0n) is 14.8. The monoisotopic (exact) mass is 492 g/mol. The Morgan fingerprint density at radius 1 is 1.15 bits per heavy atom. The number of aryl methyl sites for hydroxylation is 1. The molecule has 2 aromatic carbocycles. The molecule has 2 aromatic rings. The van der Waals surface area contributed by atoms with Crippen LogP contribution in [-0.4, -0.2) is 28.5 Å². The van der Waals surface area contributed by atoms with Crippen LogP contribution < -0.4 is 5.32 Å². The number of rotatable bonds is 4. The number of carbonyl (C=O) groups is 3. The highest BCUT2D eigenvalue weighted by Gasteiger charge is 2.36. The molecule has 1 aliphatic heterocycles. The summed E-state index contributed by atoms with van der Waals surface area (Å²) in [5.41, 5.74) is 3.53. The minimum atomic E-state index is -0.445. The number of hydrogen-bond acceptors (Lipinski definition) is 4. The minimum Gasteiger partial charge on any atom is -0.324 e. The molecule has 1 N–H and O–H groups in total. The van der Waals surface area contributed by atoms with Crippen LogP contribution in [0.15, 0.2) is 47.4 Å². The number of benzene rings is 2. The number of hydrogen-bond donors (Lipinski definition) is 1. The number of amides is 3. The van der Waals surface area contributed by atoms with E-state index in [4.69, 9.17) is 0 Å². The van der Waals surface area contributed by atoms with E-state index in [1.165, 1.54) is 0 Å². The van der Waals surface area contributed by atoms with Gasteiger partial charge in [0.1, 0.15) is 6.54 Å². The molecule has 27 heavy (non-hydrogen) atoms. The molecule has 1 saturated heterocycles. The van der Waals surface area contributed by atoms with Crippen molar-refractivity contribution in [3.8, 4) is 0 Å². The van der Waals surface area contributed by atoms with Crippen LogP contribution in [0.5, 0.6) is 0 Å². The van der Waals surface area contributed by atoms with Gasteiger partial charge in [-0.15, -0.1) is 0 Å². The number of imide groups is 1. The molecule has 0 aromatic heterocycles. The summed E-state index contributed by atoms with van der Waals surface area (Å²) in [7, 11) is 0. The van der Waals surface area contributed by atoms with Crippen molar-refractivity contribution in [2.45, 2.75) is 13.8 Å². The van der Waals surface area contributed by atoms with Gasteiger partial charge in [0, 0.05) is 9.26 Å². The maximum atomic E-state index is 12.5. The number of thioether (sulfide) groups is 1. The van der Waals surface area contributed by atoms with Crippen molar-refractivity contribution in [2.24, 2.45) is 0 Å². The second kappa shape index (κ2) is 8.26. The van der Waals surface area contributed by atoms with Gasteiger partial charge in [-0.25, -0.2) is 0 Å². The van der Waals surface area contributed by atoms with Gasteiger partial charge in [0.05, 0.1) is 4.91 Å². The lowest BCUT2D eigenvalue weighted by molar-refractivity contribution is -0.127. The topological polar surface area (TPSA) is 66.5 Å². The summed E-state index contributed by atoms with van der Waals surface area (Å²) in [4.78, 5) is 38.4. The van der Waals surface area contributed by atoms with Crippen molar-refractivity contribution in [3.63, 3.8) is 0 Å². The SMILES string of the molecule is Cc1cccc(NC(=O)CN2C(=O)S/C(=C\c3ccc(I)cc3)C2=O)c1C. The first-order chi connectivity index (χ1) is 12.8. The maximum Gasteiger partial charge on any atom is 0.294 e. The van der Waals surface area contributed by atoms with E-state index in [0.29, 0.717) is 10.6 Å². The Labute approximate surface area is 175 Å². The highest BCUT2D eigenvalue weighted by atomic mass is 127. The Balaban J connectivity index is 1.71. The molecule has 3 rings (SSSR count). The molecule has 0 unspecified atom stereocenters. The molecular formula is C20H17IN2O3S. The van der Waals surface area contributed by atoms with Gasteiger partial charge in [-0.05, 0) is 89.2 Å². The molecule has 0 aliphatic carbocycles. The van der Waals surface area contributed by atoms with Gasteiger partial charge in [0.15, 0.2) is 0 Å². The molecule has 0 saturated carbocycles. The van der Waals surface area contributed by atoms with E-state index in [2.05, 4.69) is 27.9 Å². The molecule has 0 atom stereocenters. The zero-order valence-corrected chi connectivity index (χ0v) is 17.8. The quantitative estimate of drug-likeness (QED) is 0.501. The van der Waals surface area contributed by atoms with Crippen molar-refractivity contribution in [3.05, 3.63) is 67.6 Å². The summed E-state index contributed by atoms with van der Waals surface area (Å²) in [6.45, 7) is 3.56. The molecular weight excluding hydrogens is 475 g/mol. The third kappa shape index (κ3) is 4.59. The predicted octanol–water partition coefficient (Wildman–Crippen LogP) is 4.58. The summed E-state index contributed by atoms with van der Waals surface area (Å²) in [5.74, 6) is -0.846. The molecule has 0 spiro atoms. The highest BCUT2D eigenvalue weighted by Crippen LogP contribution is 2.32. The van der Waals surface area contributed by atoms with E-state index < -0.39 is 17.1 Å². The smallest absolute Gasteiger partial charge is 0.294 e. The molecule has 1 heterocycles. The van der Waals surface area contributed by atoms with Gasteiger partial charge in [-0.1, -0.05) is 24.3 Å². The first kappa shape index (κ1) is 19.6. The van der Waals surface area contributed by atoms with Crippen molar-refractivity contribution >= 4 is 63.2 Å². The lowest BCUT2D eigenvalue weighted by Gasteiger charge is -2.14. The second-order valence-corrected chi connectivity index (χ2v) is 8.35. The Morgan fingerprint density at radius 2 is 1.85 bits per heavy atom. The molecule has 0 bridgehead atoms. The first-order valence-electron chi connectivity index (χ1n) is 8.22. The molecule has 1 aliphatic rings. The lowest BCUT2D eigenvalue weighted by atomic mass is 10.1. The third-order valence-electron chi connectivity index (χ3n) is 4.22. The van der Waals surface area contributed by atoms with Crippen molar-refractivity contribution < 1.29 is 14.4 Å². The van der Waals surface area contributed by atoms with Crippen LogP contribution >= 0.6 is 34.4 Å². The van der Waals surface area contributed by atoms with Crippen LogP contribution in [0.4, 0.5) is 10.5 Å². The molecule has 3 amide bonds. The van der Waals surface area contributed by atoms with E-state index >= 15 is 0 Å². The molecule has 138 valence electrons. The Kier molecular flexibility index (Phi) is 6.01. The summed E-state index contributed by atoms with van der Waals surface area (Å²) < 4.78 is 1.08. The van der Waals surface area contributed by atoms with E-state index in [1.807, 2.05) is 50.2 Å². The molecule has 1 fully saturated rings. The predicted molar refractivity (Wildman–Crippen MR) is 116 cm³/mol. The van der Waals surface area contributed by atoms with E-state index in [9.17, 15) is 14.4 Å². The Hall–Kier alpha value is -2.13. The fourth-order valence-corrected chi connectivity index (χ4v) is 3.76. The van der Waals surface area contributed by atoms with Crippen LogP contribution in [0.1, 0.15) is 16.7 Å². The third-order valence-corrected chi connectivity index (χ3v) is 5.85.